The SMILES string of the molecule is CC(C)NC(=O)C(=O)N1CCN(C(=O)CCc2nc(-c3ccccc3)c(-c3ccccc3)o2)CC1. The lowest BCUT2D eigenvalue weighted by Crippen LogP contribution is -2.54. The van der Waals surface area contributed by atoms with Crippen LogP contribution in [-0.4, -0.2) is 64.7 Å². The van der Waals surface area contributed by atoms with E-state index in [-0.39, 0.29) is 18.4 Å². The molecule has 3 aromatic rings. The summed E-state index contributed by atoms with van der Waals surface area (Å²) in [6, 6.07) is 19.5. The maximum Gasteiger partial charge on any atom is 0.312 e. The number of amides is 3. The zero-order chi connectivity index (χ0) is 24.8. The van der Waals surface area contributed by atoms with Gasteiger partial charge in [-0.05, 0) is 13.8 Å². The second-order valence-electron chi connectivity index (χ2n) is 8.82. The Morgan fingerprint density at radius 2 is 1.46 bits per heavy atom. The molecule has 3 amide bonds. The van der Waals surface area contributed by atoms with Crippen molar-refractivity contribution in [3.63, 3.8) is 0 Å². The number of aryl methyl sites for hydroxylation is 1. The Morgan fingerprint density at radius 3 is 2.06 bits per heavy atom. The first-order valence-corrected chi connectivity index (χ1v) is 11.9. The summed E-state index contributed by atoms with van der Waals surface area (Å²) in [4.78, 5) is 45.0. The van der Waals surface area contributed by atoms with Crippen molar-refractivity contribution in [2.75, 3.05) is 26.2 Å². The van der Waals surface area contributed by atoms with Gasteiger partial charge in [0.05, 0.1) is 0 Å². The van der Waals surface area contributed by atoms with Gasteiger partial charge in [0.25, 0.3) is 0 Å². The molecule has 1 aromatic heterocycles. The van der Waals surface area contributed by atoms with Crippen molar-refractivity contribution < 1.29 is 18.8 Å². The first kappa shape index (κ1) is 24.2. The molecule has 2 heterocycles. The Balaban J connectivity index is 1.38. The number of carbonyl (C=O) groups excluding carboxylic acids is 3. The smallest absolute Gasteiger partial charge is 0.312 e. The third-order valence-corrected chi connectivity index (χ3v) is 5.84. The quantitative estimate of drug-likeness (QED) is 0.554. The first-order valence-electron chi connectivity index (χ1n) is 11.9. The maximum absolute atomic E-state index is 12.8. The zero-order valence-corrected chi connectivity index (χ0v) is 20.1. The number of benzene rings is 2. The minimum absolute atomic E-state index is 0.0237. The maximum atomic E-state index is 12.8. The van der Waals surface area contributed by atoms with Crippen LogP contribution in [0.2, 0.25) is 0 Å². The van der Waals surface area contributed by atoms with Crippen molar-refractivity contribution in [2.45, 2.75) is 32.7 Å². The van der Waals surface area contributed by atoms with Gasteiger partial charge in [0, 0.05) is 56.2 Å². The Bertz CT molecular complexity index is 1110. The lowest BCUT2D eigenvalue weighted by molar-refractivity contribution is -0.148. The fourth-order valence-corrected chi connectivity index (χ4v) is 4.05. The molecule has 0 radical (unpaired) electrons. The standard InChI is InChI=1S/C27H30N4O4/c1-19(2)28-26(33)27(34)31-17-15-30(16-18-31)23(32)14-13-22-29-24(20-9-5-3-6-10-20)25(35-22)21-11-7-4-8-12-21/h3-12,19H,13-18H2,1-2H3,(H,28,33). The number of oxazole rings is 1. The van der Waals surface area contributed by atoms with Crippen LogP contribution in [0.1, 0.15) is 26.2 Å². The van der Waals surface area contributed by atoms with E-state index in [0.29, 0.717) is 44.3 Å². The van der Waals surface area contributed by atoms with Crippen molar-refractivity contribution in [3.8, 4) is 22.6 Å². The van der Waals surface area contributed by atoms with Crippen molar-refractivity contribution >= 4 is 17.7 Å². The summed E-state index contributed by atoms with van der Waals surface area (Å²) >= 11 is 0. The highest BCUT2D eigenvalue weighted by atomic mass is 16.4. The van der Waals surface area contributed by atoms with Gasteiger partial charge in [-0.15, -0.1) is 0 Å². The van der Waals surface area contributed by atoms with Gasteiger partial charge in [0.15, 0.2) is 11.7 Å². The van der Waals surface area contributed by atoms with Crippen LogP contribution in [0.15, 0.2) is 65.1 Å². The van der Waals surface area contributed by atoms with Crippen molar-refractivity contribution in [2.24, 2.45) is 0 Å². The molecular formula is C27H30N4O4. The molecule has 0 saturated carbocycles. The molecule has 0 aliphatic carbocycles. The monoisotopic (exact) mass is 474 g/mol. The Morgan fingerprint density at radius 1 is 0.886 bits per heavy atom. The van der Waals surface area contributed by atoms with E-state index < -0.39 is 11.8 Å². The topological polar surface area (TPSA) is 95.8 Å². The summed E-state index contributed by atoms with van der Waals surface area (Å²) in [5.74, 6) is 0.0188. The summed E-state index contributed by atoms with van der Waals surface area (Å²) in [6.07, 6.45) is 0.631. The number of nitrogens with zero attached hydrogens (tertiary/aromatic N) is 3. The second-order valence-corrected chi connectivity index (χ2v) is 8.82. The van der Waals surface area contributed by atoms with Crippen molar-refractivity contribution in [1.82, 2.24) is 20.1 Å². The summed E-state index contributed by atoms with van der Waals surface area (Å²) < 4.78 is 6.12. The summed E-state index contributed by atoms with van der Waals surface area (Å²) in [6.45, 7) is 5.09. The fourth-order valence-electron chi connectivity index (χ4n) is 4.05. The van der Waals surface area contributed by atoms with E-state index in [1.54, 1.807) is 18.7 Å². The number of hydrogen-bond donors (Lipinski definition) is 1. The Kier molecular flexibility index (Phi) is 7.60. The minimum Gasteiger partial charge on any atom is -0.440 e. The highest BCUT2D eigenvalue weighted by Gasteiger charge is 2.28. The van der Waals surface area contributed by atoms with Crippen LogP contribution in [0.25, 0.3) is 22.6 Å². The van der Waals surface area contributed by atoms with E-state index in [1.807, 2.05) is 60.7 Å². The number of nitrogens with one attached hydrogen (secondary N) is 1. The molecule has 2 aromatic carbocycles. The third-order valence-electron chi connectivity index (χ3n) is 5.84. The van der Waals surface area contributed by atoms with E-state index in [1.165, 1.54) is 4.90 Å². The lowest BCUT2D eigenvalue weighted by atomic mass is 10.1. The van der Waals surface area contributed by atoms with E-state index in [0.717, 1.165) is 16.8 Å². The normalized spacial score (nSPS) is 13.7. The van der Waals surface area contributed by atoms with Gasteiger partial charge in [-0.1, -0.05) is 60.7 Å². The predicted octanol–water partition coefficient (Wildman–Crippen LogP) is 3.14. The molecule has 1 N–H and O–H groups in total. The van der Waals surface area contributed by atoms with Gasteiger partial charge < -0.3 is 19.5 Å². The Hall–Kier alpha value is -3.94. The van der Waals surface area contributed by atoms with Gasteiger partial charge in [0.1, 0.15) is 5.69 Å². The predicted molar refractivity (Wildman–Crippen MR) is 132 cm³/mol. The van der Waals surface area contributed by atoms with E-state index in [4.69, 9.17) is 9.40 Å². The van der Waals surface area contributed by atoms with Crippen LogP contribution in [0.3, 0.4) is 0 Å². The highest BCUT2D eigenvalue weighted by molar-refractivity contribution is 6.35. The molecule has 182 valence electrons. The van der Waals surface area contributed by atoms with Crippen LogP contribution in [0, 0.1) is 0 Å². The zero-order valence-electron chi connectivity index (χ0n) is 20.1. The molecule has 8 nitrogen and oxygen atoms in total. The number of carbonyl (C=O) groups is 3. The third kappa shape index (κ3) is 5.95. The summed E-state index contributed by atoms with van der Waals surface area (Å²) in [5.41, 5.74) is 2.64. The van der Waals surface area contributed by atoms with E-state index >= 15 is 0 Å². The second kappa shape index (κ2) is 11.0. The van der Waals surface area contributed by atoms with Crippen LogP contribution in [0.4, 0.5) is 0 Å². The molecule has 0 atom stereocenters. The average Bonchev–Trinajstić information content (AvgIpc) is 3.32. The number of aromatic nitrogens is 1. The van der Waals surface area contributed by atoms with Gasteiger partial charge in [-0.25, -0.2) is 4.98 Å². The van der Waals surface area contributed by atoms with Crippen LogP contribution in [0.5, 0.6) is 0 Å². The van der Waals surface area contributed by atoms with Gasteiger partial charge >= 0.3 is 11.8 Å². The number of hydrogen-bond acceptors (Lipinski definition) is 5. The minimum atomic E-state index is -0.605. The molecule has 0 bridgehead atoms. The largest absolute Gasteiger partial charge is 0.440 e. The lowest BCUT2D eigenvalue weighted by Gasteiger charge is -2.34. The fraction of sp³-hybridized carbons (Fsp3) is 0.333. The van der Waals surface area contributed by atoms with Crippen LogP contribution >= 0.6 is 0 Å². The van der Waals surface area contributed by atoms with Crippen molar-refractivity contribution in [1.29, 1.82) is 0 Å². The molecule has 4 rings (SSSR count). The Labute approximate surface area is 204 Å². The molecule has 1 saturated heterocycles. The molecule has 8 heteroatoms. The highest BCUT2D eigenvalue weighted by Crippen LogP contribution is 2.32. The van der Waals surface area contributed by atoms with Crippen LogP contribution in [-0.2, 0) is 20.8 Å². The molecule has 0 spiro atoms. The molecule has 35 heavy (non-hydrogen) atoms. The molecule has 1 fully saturated rings. The molecule has 1 aliphatic heterocycles. The van der Waals surface area contributed by atoms with Gasteiger partial charge in [-0.3, -0.25) is 14.4 Å². The van der Waals surface area contributed by atoms with Crippen molar-refractivity contribution in [3.05, 3.63) is 66.6 Å². The summed E-state index contributed by atoms with van der Waals surface area (Å²) in [7, 11) is 0. The van der Waals surface area contributed by atoms with E-state index in [9.17, 15) is 14.4 Å². The summed E-state index contributed by atoms with van der Waals surface area (Å²) in [5, 5.41) is 2.61. The number of piperazine rings is 1. The number of rotatable bonds is 6. The average molecular weight is 475 g/mol. The van der Waals surface area contributed by atoms with Gasteiger partial charge in [-0.2, -0.15) is 0 Å². The van der Waals surface area contributed by atoms with E-state index in [2.05, 4.69) is 5.32 Å². The molecular weight excluding hydrogens is 444 g/mol. The molecule has 0 unspecified atom stereocenters. The molecule has 1 aliphatic rings. The van der Waals surface area contributed by atoms with Crippen LogP contribution < -0.4 is 5.32 Å². The van der Waals surface area contributed by atoms with Gasteiger partial charge in [0.2, 0.25) is 5.91 Å². The first-order chi connectivity index (χ1) is 16.9.